The molecular weight excluding hydrogens is 419 g/mol. The molecule has 0 saturated heterocycles. The van der Waals surface area contributed by atoms with E-state index in [1.54, 1.807) is 48.5 Å². The predicted octanol–water partition coefficient (Wildman–Crippen LogP) is 5.99. The molecule has 3 rings (SSSR count). The van der Waals surface area contributed by atoms with Crippen molar-refractivity contribution in [2.75, 3.05) is 0 Å². The second-order valence-electron chi connectivity index (χ2n) is 5.74. The first-order chi connectivity index (χ1) is 13.5. The van der Waals surface area contributed by atoms with Crippen LogP contribution in [-0.2, 0) is 6.61 Å². The van der Waals surface area contributed by atoms with Crippen LogP contribution < -0.4 is 10.2 Å². The van der Waals surface area contributed by atoms with Crippen LogP contribution in [0, 0.1) is 0 Å². The Morgan fingerprint density at radius 3 is 2.50 bits per heavy atom. The highest BCUT2D eigenvalue weighted by Gasteiger charge is 2.12. The molecule has 0 bridgehead atoms. The van der Waals surface area contributed by atoms with Gasteiger partial charge in [0.15, 0.2) is 0 Å². The summed E-state index contributed by atoms with van der Waals surface area (Å²) in [6.07, 6.45) is 1.45. The number of carbonyl (C=O) groups is 1. The van der Waals surface area contributed by atoms with E-state index in [1.165, 1.54) is 6.21 Å². The highest BCUT2D eigenvalue weighted by Crippen LogP contribution is 2.22. The summed E-state index contributed by atoms with van der Waals surface area (Å²) in [5.41, 5.74) is 4.29. The Morgan fingerprint density at radius 2 is 1.71 bits per heavy atom. The molecule has 0 atom stereocenters. The first-order valence-corrected chi connectivity index (χ1v) is 9.41. The fraction of sp³-hybridized carbons (Fsp3) is 0.0476. The zero-order valence-electron chi connectivity index (χ0n) is 14.5. The minimum atomic E-state index is -0.406. The van der Waals surface area contributed by atoms with Gasteiger partial charge in [-0.25, -0.2) is 5.43 Å². The number of nitrogens with one attached hydrogen (secondary N) is 1. The maximum Gasteiger partial charge on any atom is 0.275 e. The van der Waals surface area contributed by atoms with E-state index in [0.717, 1.165) is 5.56 Å². The molecule has 0 radical (unpaired) electrons. The molecule has 0 aromatic heterocycles. The van der Waals surface area contributed by atoms with Crippen molar-refractivity contribution in [2.45, 2.75) is 6.61 Å². The second kappa shape index (κ2) is 9.60. The Labute approximate surface area is 177 Å². The minimum Gasteiger partial charge on any atom is -0.488 e. The first-order valence-electron chi connectivity index (χ1n) is 8.28. The summed E-state index contributed by atoms with van der Waals surface area (Å²) in [4.78, 5) is 12.5. The number of amides is 1. The van der Waals surface area contributed by atoms with E-state index < -0.39 is 5.91 Å². The molecule has 0 spiro atoms. The Kier molecular flexibility index (Phi) is 6.93. The van der Waals surface area contributed by atoms with E-state index in [-0.39, 0.29) is 6.61 Å². The van der Waals surface area contributed by atoms with Gasteiger partial charge in [0.05, 0.1) is 16.8 Å². The van der Waals surface area contributed by atoms with Crippen LogP contribution in [0.2, 0.25) is 15.1 Å². The van der Waals surface area contributed by atoms with Gasteiger partial charge in [-0.15, -0.1) is 0 Å². The van der Waals surface area contributed by atoms with Crippen molar-refractivity contribution in [3.05, 3.63) is 98.5 Å². The molecule has 1 N–H and O–H groups in total. The number of halogens is 3. The summed E-state index contributed by atoms with van der Waals surface area (Å²) in [5, 5.41) is 5.52. The fourth-order valence-electron chi connectivity index (χ4n) is 2.38. The molecule has 3 aromatic rings. The van der Waals surface area contributed by atoms with Gasteiger partial charge in [0.25, 0.3) is 5.91 Å². The summed E-state index contributed by atoms with van der Waals surface area (Å²) in [7, 11) is 0. The number of rotatable bonds is 6. The lowest BCUT2D eigenvalue weighted by molar-refractivity contribution is 0.0950. The van der Waals surface area contributed by atoms with Crippen molar-refractivity contribution in [3.63, 3.8) is 0 Å². The van der Waals surface area contributed by atoms with Gasteiger partial charge in [-0.1, -0.05) is 71.2 Å². The van der Waals surface area contributed by atoms with Crippen LogP contribution in [0.5, 0.6) is 5.75 Å². The topological polar surface area (TPSA) is 50.7 Å². The van der Waals surface area contributed by atoms with Crippen LogP contribution in [0.1, 0.15) is 21.5 Å². The third kappa shape index (κ3) is 5.26. The molecule has 142 valence electrons. The smallest absolute Gasteiger partial charge is 0.275 e. The number of para-hydroxylation sites is 1. The zero-order valence-corrected chi connectivity index (χ0v) is 16.8. The molecule has 0 aliphatic heterocycles. The van der Waals surface area contributed by atoms with E-state index in [9.17, 15) is 4.79 Å². The van der Waals surface area contributed by atoms with Gasteiger partial charge in [-0.2, -0.15) is 5.10 Å². The van der Waals surface area contributed by atoms with E-state index >= 15 is 0 Å². The number of hydrogen-bond acceptors (Lipinski definition) is 3. The molecule has 3 aromatic carbocycles. The molecule has 0 aliphatic carbocycles. The molecule has 0 saturated carbocycles. The van der Waals surface area contributed by atoms with Crippen LogP contribution in [0.25, 0.3) is 0 Å². The Hall–Kier alpha value is -2.53. The molecule has 0 aliphatic rings. The van der Waals surface area contributed by atoms with Crippen molar-refractivity contribution >= 4 is 46.9 Å². The fourth-order valence-corrected chi connectivity index (χ4v) is 3.03. The normalized spacial score (nSPS) is 10.8. The number of ether oxygens (including phenoxy) is 1. The Morgan fingerprint density at radius 1 is 0.964 bits per heavy atom. The lowest BCUT2D eigenvalue weighted by Gasteiger charge is -2.11. The molecule has 28 heavy (non-hydrogen) atoms. The summed E-state index contributed by atoms with van der Waals surface area (Å²) < 4.78 is 5.79. The molecule has 7 heteroatoms. The second-order valence-corrected chi connectivity index (χ2v) is 6.99. The van der Waals surface area contributed by atoms with E-state index in [1.807, 2.05) is 18.2 Å². The van der Waals surface area contributed by atoms with Gasteiger partial charge in [0, 0.05) is 21.2 Å². The number of nitrogens with zero attached hydrogens (tertiary/aromatic N) is 1. The van der Waals surface area contributed by atoms with E-state index in [4.69, 9.17) is 39.5 Å². The standard InChI is InChI=1S/C21H15Cl3N2O2/c22-16-10-9-14(19(24)11-16)12-25-26-21(27)17-6-2-4-8-20(17)28-13-15-5-1-3-7-18(15)23/h1-12H,13H2,(H,26,27)/b25-12+. The van der Waals surface area contributed by atoms with E-state index in [2.05, 4.69) is 10.5 Å². The van der Waals surface area contributed by atoms with Crippen molar-refractivity contribution in [2.24, 2.45) is 5.10 Å². The average molecular weight is 434 g/mol. The van der Waals surface area contributed by atoms with Crippen molar-refractivity contribution in [1.29, 1.82) is 0 Å². The third-order valence-electron chi connectivity index (χ3n) is 3.80. The monoisotopic (exact) mass is 432 g/mol. The number of carbonyl (C=O) groups excluding carboxylic acids is 1. The van der Waals surface area contributed by atoms with Crippen LogP contribution in [-0.4, -0.2) is 12.1 Å². The third-order valence-corrected chi connectivity index (χ3v) is 4.74. The lowest BCUT2D eigenvalue weighted by atomic mass is 10.2. The number of hydrogen-bond donors (Lipinski definition) is 1. The largest absolute Gasteiger partial charge is 0.488 e. The van der Waals surface area contributed by atoms with Crippen LogP contribution >= 0.6 is 34.8 Å². The number of benzene rings is 3. The van der Waals surface area contributed by atoms with Gasteiger partial charge in [0.2, 0.25) is 0 Å². The van der Waals surface area contributed by atoms with Crippen molar-refractivity contribution < 1.29 is 9.53 Å². The van der Waals surface area contributed by atoms with Gasteiger partial charge in [0.1, 0.15) is 12.4 Å². The summed E-state index contributed by atoms with van der Waals surface area (Å²) in [6, 6.07) is 19.3. The summed E-state index contributed by atoms with van der Waals surface area (Å²) >= 11 is 18.1. The Bertz CT molecular complexity index is 1020. The summed E-state index contributed by atoms with van der Waals surface area (Å²) in [6.45, 7) is 0.244. The molecule has 0 heterocycles. The van der Waals surface area contributed by atoms with Gasteiger partial charge < -0.3 is 4.74 Å². The molecule has 1 amide bonds. The van der Waals surface area contributed by atoms with Crippen LogP contribution in [0.4, 0.5) is 0 Å². The molecule has 0 unspecified atom stereocenters. The van der Waals surface area contributed by atoms with Gasteiger partial charge >= 0.3 is 0 Å². The zero-order chi connectivity index (χ0) is 19.9. The molecular formula is C21H15Cl3N2O2. The first kappa shape index (κ1) is 20.2. The minimum absolute atomic E-state index is 0.244. The molecule has 4 nitrogen and oxygen atoms in total. The summed E-state index contributed by atoms with van der Waals surface area (Å²) in [5.74, 6) is 0.0238. The maximum atomic E-state index is 12.5. The SMILES string of the molecule is O=C(N/N=C/c1ccc(Cl)cc1Cl)c1ccccc1OCc1ccccc1Cl. The van der Waals surface area contributed by atoms with Gasteiger partial charge in [-0.05, 0) is 30.3 Å². The van der Waals surface area contributed by atoms with Crippen molar-refractivity contribution in [3.8, 4) is 5.75 Å². The highest BCUT2D eigenvalue weighted by molar-refractivity contribution is 6.36. The number of hydrazone groups is 1. The maximum absolute atomic E-state index is 12.5. The molecule has 0 fully saturated rings. The van der Waals surface area contributed by atoms with Gasteiger partial charge in [-0.3, -0.25) is 4.79 Å². The van der Waals surface area contributed by atoms with Crippen LogP contribution in [0.3, 0.4) is 0 Å². The van der Waals surface area contributed by atoms with E-state index in [0.29, 0.717) is 31.9 Å². The predicted molar refractivity (Wildman–Crippen MR) is 114 cm³/mol. The van der Waals surface area contributed by atoms with Crippen molar-refractivity contribution in [1.82, 2.24) is 5.43 Å². The van der Waals surface area contributed by atoms with Crippen LogP contribution in [0.15, 0.2) is 71.8 Å². The Balaban J connectivity index is 1.68. The highest BCUT2D eigenvalue weighted by atomic mass is 35.5. The average Bonchev–Trinajstić information content (AvgIpc) is 2.69. The quantitative estimate of drug-likeness (QED) is 0.383. The lowest BCUT2D eigenvalue weighted by Crippen LogP contribution is -2.18.